The lowest BCUT2D eigenvalue weighted by molar-refractivity contribution is -0.133. The van der Waals surface area contributed by atoms with E-state index in [1.807, 2.05) is 6.07 Å². The second-order valence-corrected chi connectivity index (χ2v) is 8.53. The van der Waals surface area contributed by atoms with Crippen molar-refractivity contribution in [3.05, 3.63) is 83.9 Å². The minimum atomic E-state index is -0.684. The molecule has 1 aliphatic heterocycles. The van der Waals surface area contributed by atoms with Crippen LogP contribution in [0.25, 0.3) is 11.1 Å². The molecule has 1 N–H and O–H groups in total. The van der Waals surface area contributed by atoms with Gasteiger partial charge < -0.3 is 10.2 Å². The third kappa shape index (κ3) is 4.54. The molecule has 1 unspecified atom stereocenters. The summed E-state index contributed by atoms with van der Waals surface area (Å²) in [4.78, 5) is 36.0. The molecule has 4 rings (SSSR count). The van der Waals surface area contributed by atoms with Crippen LogP contribution in [0.15, 0.2) is 67.1 Å². The van der Waals surface area contributed by atoms with E-state index in [-0.39, 0.29) is 11.8 Å². The molecule has 1 aromatic heterocycles. The Balaban J connectivity index is 1.62. The number of aryl methyl sites for hydroxylation is 1. The average Bonchev–Trinajstić information content (AvgIpc) is 2.84. The molecular weight excluding hydrogens is 400 g/mol. The Kier molecular flexibility index (Phi) is 6.30. The van der Waals surface area contributed by atoms with Crippen LogP contribution in [-0.4, -0.2) is 46.8 Å². The van der Waals surface area contributed by atoms with Crippen molar-refractivity contribution in [2.75, 3.05) is 20.1 Å². The monoisotopic (exact) mass is 428 g/mol. The molecule has 1 saturated heterocycles. The van der Waals surface area contributed by atoms with Crippen molar-refractivity contribution in [2.45, 2.75) is 26.2 Å². The van der Waals surface area contributed by atoms with Gasteiger partial charge in [-0.15, -0.1) is 0 Å². The van der Waals surface area contributed by atoms with Crippen LogP contribution < -0.4 is 5.32 Å². The number of amides is 2. The molecule has 0 aliphatic carbocycles. The maximum absolute atomic E-state index is 13.1. The van der Waals surface area contributed by atoms with Crippen LogP contribution in [0.5, 0.6) is 0 Å². The van der Waals surface area contributed by atoms with Gasteiger partial charge in [-0.3, -0.25) is 14.6 Å². The standard InChI is InChI=1S/C26H28N4O2/c1-19-6-3-8-21(14-19)22-9-4-7-20(15-22)16-26(25(32)27-2)10-5-13-30(18-26)24(31)23-17-28-11-12-29-23/h3-4,6-9,11-12,14-15,17H,5,10,13,16,18H2,1-2H3,(H,27,32). The summed E-state index contributed by atoms with van der Waals surface area (Å²) < 4.78 is 0. The number of hydrogen-bond acceptors (Lipinski definition) is 4. The SMILES string of the molecule is CNC(=O)C1(Cc2cccc(-c3cccc(C)c3)c2)CCCN(C(=O)c2cnccn2)C1. The van der Waals surface area contributed by atoms with Crippen LogP contribution in [0, 0.1) is 12.3 Å². The second-order valence-electron chi connectivity index (χ2n) is 8.53. The van der Waals surface area contributed by atoms with E-state index >= 15 is 0 Å². The van der Waals surface area contributed by atoms with E-state index in [4.69, 9.17) is 0 Å². The van der Waals surface area contributed by atoms with Gasteiger partial charge >= 0.3 is 0 Å². The van der Waals surface area contributed by atoms with Crippen molar-refractivity contribution < 1.29 is 9.59 Å². The summed E-state index contributed by atoms with van der Waals surface area (Å²) in [6.45, 7) is 3.05. The van der Waals surface area contributed by atoms with Crippen LogP contribution in [0.2, 0.25) is 0 Å². The van der Waals surface area contributed by atoms with Crippen LogP contribution in [0.1, 0.15) is 34.5 Å². The average molecular weight is 429 g/mol. The van der Waals surface area contributed by atoms with Gasteiger partial charge in [0.25, 0.3) is 5.91 Å². The summed E-state index contributed by atoms with van der Waals surface area (Å²) in [5.41, 5.74) is 4.20. The van der Waals surface area contributed by atoms with E-state index < -0.39 is 5.41 Å². The summed E-state index contributed by atoms with van der Waals surface area (Å²) in [7, 11) is 1.66. The molecule has 2 heterocycles. The van der Waals surface area contributed by atoms with Gasteiger partial charge in [-0.25, -0.2) is 4.98 Å². The zero-order valence-corrected chi connectivity index (χ0v) is 18.5. The molecule has 32 heavy (non-hydrogen) atoms. The molecular formula is C26H28N4O2. The summed E-state index contributed by atoms with van der Waals surface area (Å²) >= 11 is 0. The van der Waals surface area contributed by atoms with Gasteiger partial charge in [-0.05, 0) is 42.9 Å². The fourth-order valence-electron chi connectivity index (χ4n) is 4.63. The van der Waals surface area contributed by atoms with Crippen LogP contribution in [0.3, 0.4) is 0 Å². The van der Waals surface area contributed by atoms with Crippen molar-refractivity contribution >= 4 is 11.8 Å². The first-order valence-electron chi connectivity index (χ1n) is 10.9. The van der Waals surface area contributed by atoms with E-state index in [0.29, 0.717) is 25.2 Å². The quantitative estimate of drug-likeness (QED) is 0.673. The number of nitrogens with one attached hydrogen (secondary N) is 1. The predicted octanol–water partition coefficient (Wildman–Crippen LogP) is 3.66. The molecule has 1 aliphatic rings. The number of likely N-dealkylation sites (tertiary alicyclic amines) is 1. The van der Waals surface area contributed by atoms with Crippen molar-refractivity contribution in [1.29, 1.82) is 0 Å². The number of carbonyl (C=O) groups is 2. The lowest BCUT2D eigenvalue weighted by Crippen LogP contribution is -2.54. The number of aromatic nitrogens is 2. The van der Waals surface area contributed by atoms with Gasteiger partial charge in [0.1, 0.15) is 5.69 Å². The van der Waals surface area contributed by atoms with E-state index in [0.717, 1.165) is 29.5 Å². The van der Waals surface area contributed by atoms with Crippen molar-refractivity contribution in [1.82, 2.24) is 20.2 Å². The zero-order valence-electron chi connectivity index (χ0n) is 18.5. The summed E-state index contributed by atoms with van der Waals surface area (Å²) in [6.07, 6.45) is 6.59. The Morgan fingerprint density at radius 2 is 1.88 bits per heavy atom. The predicted molar refractivity (Wildman–Crippen MR) is 124 cm³/mol. The molecule has 0 saturated carbocycles. The van der Waals surface area contributed by atoms with E-state index in [1.165, 1.54) is 18.0 Å². The Morgan fingerprint density at radius 1 is 1.09 bits per heavy atom. The first-order valence-corrected chi connectivity index (χ1v) is 10.9. The molecule has 164 valence electrons. The van der Waals surface area contributed by atoms with E-state index in [2.05, 4.69) is 64.7 Å². The molecule has 6 heteroatoms. The summed E-state index contributed by atoms with van der Waals surface area (Å²) in [5.74, 6) is -0.213. The number of hydrogen-bond donors (Lipinski definition) is 1. The topological polar surface area (TPSA) is 75.2 Å². The third-order valence-corrected chi connectivity index (χ3v) is 6.18. The number of carbonyl (C=O) groups excluding carboxylic acids is 2. The van der Waals surface area contributed by atoms with E-state index in [1.54, 1.807) is 18.1 Å². The smallest absolute Gasteiger partial charge is 0.274 e. The number of rotatable bonds is 5. The maximum Gasteiger partial charge on any atom is 0.274 e. The molecule has 0 radical (unpaired) electrons. The number of piperidine rings is 1. The van der Waals surface area contributed by atoms with Crippen molar-refractivity contribution in [3.8, 4) is 11.1 Å². The number of benzene rings is 2. The molecule has 1 fully saturated rings. The van der Waals surface area contributed by atoms with Crippen molar-refractivity contribution in [3.63, 3.8) is 0 Å². The molecule has 3 aromatic rings. The second kappa shape index (κ2) is 9.30. The van der Waals surface area contributed by atoms with Gasteiger partial charge in [0.15, 0.2) is 0 Å². The van der Waals surface area contributed by atoms with Gasteiger partial charge in [0, 0.05) is 32.5 Å². The minimum Gasteiger partial charge on any atom is -0.359 e. The first kappa shape index (κ1) is 21.7. The number of nitrogens with zero attached hydrogens (tertiary/aromatic N) is 3. The largest absolute Gasteiger partial charge is 0.359 e. The van der Waals surface area contributed by atoms with Crippen molar-refractivity contribution in [2.24, 2.45) is 5.41 Å². The summed E-state index contributed by atoms with van der Waals surface area (Å²) in [6, 6.07) is 16.7. The first-order chi connectivity index (χ1) is 15.5. The molecule has 2 amide bonds. The molecule has 6 nitrogen and oxygen atoms in total. The Hall–Kier alpha value is -3.54. The summed E-state index contributed by atoms with van der Waals surface area (Å²) in [5, 5.41) is 2.84. The van der Waals surface area contributed by atoms with Crippen LogP contribution >= 0.6 is 0 Å². The lowest BCUT2D eigenvalue weighted by atomic mass is 9.74. The minimum absolute atomic E-state index is 0.0323. The van der Waals surface area contributed by atoms with Crippen LogP contribution in [-0.2, 0) is 11.2 Å². The molecule has 0 spiro atoms. The van der Waals surface area contributed by atoms with Gasteiger partial charge in [-0.2, -0.15) is 0 Å². The molecule has 0 bridgehead atoms. The highest BCUT2D eigenvalue weighted by atomic mass is 16.2. The highest BCUT2D eigenvalue weighted by molar-refractivity contribution is 5.93. The zero-order chi connectivity index (χ0) is 22.6. The van der Waals surface area contributed by atoms with Gasteiger partial charge in [0.2, 0.25) is 5.91 Å². The Morgan fingerprint density at radius 3 is 2.59 bits per heavy atom. The molecule has 2 aromatic carbocycles. The molecule has 1 atom stereocenters. The Bertz CT molecular complexity index is 1120. The fraction of sp³-hybridized carbons (Fsp3) is 0.308. The third-order valence-electron chi connectivity index (χ3n) is 6.18. The fourth-order valence-corrected chi connectivity index (χ4v) is 4.63. The van der Waals surface area contributed by atoms with Crippen LogP contribution in [0.4, 0.5) is 0 Å². The normalized spacial score (nSPS) is 18.2. The lowest BCUT2D eigenvalue weighted by Gasteiger charge is -2.41. The van der Waals surface area contributed by atoms with E-state index in [9.17, 15) is 9.59 Å². The van der Waals surface area contributed by atoms with Gasteiger partial charge in [0.05, 0.1) is 11.6 Å². The highest BCUT2D eigenvalue weighted by Crippen LogP contribution is 2.35. The Labute approximate surface area is 188 Å². The van der Waals surface area contributed by atoms with Gasteiger partial charge in [-0.1, -0.05) is 54.1 Å². The highest BCUT2D eigenvalue weighted by Gasteiger charge is 2.43. The maximum atomic E-state index is 13.1.